The van der Waals surface area contributed by atoms with Gasteiger partial charge in [-0.15, -0.1) is 0 Å². The van der Waals surface area contributed by atoms with E-state index in [1.165, 1.54) is 7.11 Å². The van der Waals surface area contributed by atoms with Crippen molar-refractivity contribution in [3.8, 4) is 0 Å². The van der Waals surface area contributed by atoms with Crippen LogP contribution >= 0.6 is 0 Å². The average Bonchev–Trinajstić information content (AvgIpc) is 2.23. The Morgan fingerprint density at radius 1 is 1.44 bits per heavy atom. The fourth-order valence-electron chi connectivity index (χ4n) is 2.81. The number of ether oxygens (including phenoxy) is 1. The van der Waals surface area contributed by atoms with Crippen LogP contribution in [0.25, 0.3) is 0 Å². The van der Waals surface area contributed by atoms with E-state index in [1.807, 2.05) is 0 Å². The predicted octanol–water partition coefficient (Wildman–Crippen LogP) is 0.879. The lowest BCUT2D eigenvalue weighted by Crippen LogP contribution is -2.65. The molecule has 0 saturated carbocycles. The monoisotopic (exact) mass is 256 g/mol. The SMILES string of the molecule is COC(=O)CC1C(=O)N(C)CC(C)N1C(C)(C)C. The van der Waals surface area contributed by atoms with Gasteiger partial charge in [-0.25, -0.2) is 0 Å². The minimum absolute atomic E-state index is 0.00609. The highest BCUT2D eigenvalue weighted by atomic mass is 16.5. The minimum atomic E-state index is -0.425. The Morgan fingerprint density at radius 3 is 2.44 bits per heavy atom. The van der Waals surface area contributed by atoms with Crippen molar-refractivity contribution in [2.45, 2.75) is 51.7 Å². The Morgan fingerprint density at radius 2 is 2.00 bits per heavy atom. The minimum Gasteiger partial charge on any atom is -0.469 e. The highest BCUT2D eigenvalue weighted by Crippen LogP contribution is 2.27. The van der Waals surface area contributed by atoms with Gasteiger partial charge in [-0.1, -0.05) is 0 Å². The van der Waals surface area contributed by atoms with E-state index < -0.39 is 6.04 Å². The van der Waals surface area contributed by atoms with Crippen LogP contribution in [0, 0.1) is 0 Å². The summed E-state index contributed by atoms with van der Waals surface area (Å²) in [6.45, 7) is 8.96. The first kappa shape index (κ1) is 15.0. The normalized spacial score (nSPS) is 26.3. The van der Waals surface area contributed by atoms with Crippen LogP contribution in [0.1, 0.15) is 34.1 Å². The summed E-state index contributed by atoms with van der Waals surface area (Å²) in [7, 11) is 3.13. The second-order valence-electron chi connectivity index (χ2n) is 5.94. The summed E-state index contributed by atoms with van der Waals surface area (Å²) in [6.07, 6.45) is 0.112. The van der Waals surface area contributed by atoms with Gasteiger partial charge in [0, 0.05) is 25.2 Å². The summed E-state index contributed by atoms with van der Waals surface area (Å²) in [6, 6.07) is -0.200. The molecule has 1 aliphatic rings. The maximum Gasteiger partial charge on any atom is 0.307 e. The first-order valence-corrected chi connectivity index (χ1v) is 6.28. The molecule has 0 radical (unpaired) electrons. The highest BCUT2D eigenvalue weighted by molar-refractivity contribution is 5.87. The van der Waals surface area contributed by atoms with E-state index in [0.29, 0.717) is 6.54 Å². The van der Waals surface area contributed by atoms with E-state index in [0.717, 1.165) is 0 Å². The summed E-state index contributed by atoms with van der Waals surface area (Å²) < 4.78 is 4.70. The van der Waals surface area contributed by atoms with E-state index >= 15 is 0 Å². The van der Waals surface area contributed by atoms with E-state index in [2.05, 4.69) is 32.6 Å². The Labute approximate surface area is 109 Å². The Bertz CT molecular complexity index is 336. The van der Waals surface area contributed by atoms with E-state index in [9.17, 15) is 9.59 Å². The van der Waals surface area contributed by atoms with Crippen molar-refractivity contribution in [1.82, 2.24) is 9.80 Å². The van der Waals surface area contributed by atoms with Gasteiger partial charge in [-0.2, -0.15) is 0 Å². The van der Waals surface area contributed by atoms with E-state index in [-0.39, 0.29) is 29.9 Å². The number of carbonyl (C=O) groups is 2. The molecule has 1 saturated heterocycles. The molecular formula is C13H24N2O3. The third-order valence-corrected chi connectivity index (χ3v) is 3.37. The van der Waals surface area contributed by atoms with Gasteiger partial charge in [-0.05, 0) is 27.7 Å². The van der Waals surface area contributed by atoms with Gasteiger partial charge in [0.25, 0.3) is 0 Å². The molecule has 2 unspecified atom stereocenters. The van der Waals surface area contributed by atoms with Crippen LogP contribution < -0.4 is 0 Å². The molecule has 104 valence electrons. The summed E-state index contributed by atoms with van der Waals surface area (Å²) in [5, 5.41) is 0. The second kappa shape index (κ2) is 5.26. The Balaban J connectivity index is 3.01. The number of likely N-dealkylation sites (N-methyl/N-ethyl adjacent to an activating group) is 1. The molecule has 0 aromatic rings. The molecule has 1 amide bonds. The number of nitrogens with zero attached hydrogens (tertiary/aromatic N) is 2. The number of amides is 1. The largest absolute Gasteiger partial charge is 0.469 e. The number of hydrogen-bond donors (Lipinski definition) is 0. The molecule has 1 fully saturated rings. The zero-order valence-electron chi connectivity index (χ0n) is 12.2. The van der Waals surface area contributed by atoms with Crippen molar-refractivity contribution in [2.75, 3.05) is 20.7 Å². The first-order chi connectivity index (χ1) is 8.18. The van der Waals surface area contributed by atoms with Crippen LogP contribution in [0.15, 0.2) is 0 Å². The number of piperazine rings is 1. The molecule has 1 heterocycles. The maximum absolute atomic E-state index is 12.3. The third kappa shape index (κ3) is 3.02. The van der Waals surface area contributed by atoms with Crippen LogP contribution in [-0.4, -0.2) is 60.0 Å². The molecule has 0 bridgehead atoms. The smallest absolute Gasteiger partial charge is 0.307 e. The zero-order valence-corrected chi connectivity index (χ0v) is 12.2. The summed E-state index contributed by atoms with van der Waals surface area (Å²) >= 11 is 0. The number of hydrogen-bond acceptors (Lipinski definition) is 4. The topological polar surface area (TPSA) is 49.9 Å². The number of methoxy groups -OCH3 is 1. The van der Waals surface area contributed by atoms with Gasteiger partial charge in [0.05, 0.1) is 13.5 Å². The van der Waals surface area contributed by atoms with Crippen molar-refractivity contribution in [3.63, 3.8) is 0 Å². The van der Waals surface area contributed by atoms with Gasteiger partial charge in [0.15, 0.2) is 0 Å². The van der Waals surface area contributed by atoms with E-state index in [1.54, 1.807) is 11.9 Å². The molecule has 0 spiro atoms. The van der Waals surface area contributed by atoms with Crippen molar-refractivity contribution < 1.29 is 14.3 Å². The van der Waals surface area contributed by atoms with Gasteiger partial charge in [0.1, 0.15) is 6.04 Å². The fourth-order valence-corrected chi connectivity index (χ4v) is 2.81. The van der Waals surface area contributed by atoms with Gasteiger partial charge in [-0.3, -0.25) is 14.5 Å². The number of rotatable bonds is 2. The van der Waals surface area contributed by atoms with Crippen molar-refractivity contribution in [1.29, 1.82) is 0 Å². The molecule has 2 atom stereocenters. The second-order valence-corrected chi connectivity index (χ2v) is 5.94. The standard InChI is InChI=1S/C13H24N2O3/c1-9-8-14(5)12(17)10(7-11(16)18-6)15(9)13(2,3)4/h9-10H,7-8H2,1-6H3. The molecule has 0 aromatic heterocycles. The van der Waals surface area contributed by atoms with Crippen molar-refractivity contribution in [3.05, 3.63) is 0 Å². The first-order valence-electron chi connectivity index (χ1n) is 6.28. The highest BCUT2D eigenvalue weighted by Gasteiger charge is 2.43. The van der Waals surface area contributed by atoms with E-state index in [4.69, 9.17) is 4.74 Å². The van der Waals surface area contributed by atoms with Gasteiger partial charge in [0.2, 0.25) is 5.91 Å². The number of carbonyl (C=O) groups excluding carboxylic acids is 2. The van der Waals surface area contributed by atoms with Gasteiger partial charge >= 0.3 is 5.97 Å². The molecule has 18 heavy (non-hydrogen) atoms. The molecular weight excluding hydrogens is 232 g/mol. The molecule has 0 aromatic carbocycles. The average molecular weight is 256 g/mol. The lowest BCUT2D eigenvalue weighted by Gasteiger charge is -2.50. The lowest BCUT2D eigenvalue weighted by atomic mass is 9.94. The molecule has 0 N–H and O–H groups in total. The molecule has 5 heteroatoms. The fraction of sp³-hybridized carbons (Fsp3) is 0.846. The molecule has 1 rings (SSSR count). The lowest BCUT2D eigenvalue weighted by molar-refractivity contribution is -0.156. The number of esters is 1. The van der Waals surface area contributed by atoms with Crippen LogP contribution in [0.2, 0.25) is 0 Å². The van der Waals surface area contributed by atoms with Crippen LogP contribution in [0.5, 0.6) is 0 Å². The summed E-state index contributed by atoms with van der Waals surface area (Å²) in [4.78, 5) is 27.6. The quantitative estimate of drug-likeness (QED) is 0.688. The predicted molar refractivity (Wildman–Crippen MR) is 69.1 cm³/mol. The summed E-state index contributed by atoms with van der Waals surface area (Å²) in [5.74, 6) is -0.349. The Kier molecular flexibility index (Phi) is 4.37. The Hall–Kier alpha value is -1.10. The molecule has 5 nitrogen and oxygen atoms in total. The van der Waals surface area contributed by atoms with Crippen molar-refractivity contribution in [2.24, 2.45) is 0 Å². The third-order valence-electron chi connectivity index (χ3n) is 3.37. The van der Waals surface area contributed by atoms with Crippen LogP contribution in [0.3, 0.4) is 0 Å². The van der Waals surface area contributed by atoms with Crippen LogP contribution in [-0.2, 0) is 14.3 Å². The maximum atomic E-state index is 12.3. The van der Waals surface area contributed by atoms with Gasteiger partial charge < -0.3 is 9.64 Å². The zero-order chi connectivity index (χ0) is 14.1. The van der Waals surface area contributed by atoms with Crippen molar-refractivity contribution >= 4 is 11.9 Å². The molecule has 1 aliphatic heterocycles. The van der Waals surface area contributed by atoms with Crippen LogP contribution in [0.4, 0.5) is 0 Å². The molecule has 0 aliphatic carbocycles. The summed E-state index contributed by atoms with van der Waals surface area (Å²) in [5.41, 5.74) is -0.158.